The molecular formula is C18H19NO4. The molecule has 0 radical (unpaired) electrons. The van der Waals surface area contributed by atoms with Gasteiger partial charge in [-0.3, -0.25) is 9.59 Å². The minimum Gasteiger partial charge on any atom is -0.454 e. The van der Waals surface area contributed by atoms with Crippen molar-refractivity contribution in [3.63, 3.8) is 0 Å². The van der Waals surface area contributed by atoms with Crippen molar-refractivity contribution in [2.24, 2.45) is 11.8 Å². The standard InChI is InChI=1S/C18H19NO4/c1-10(20)13-6-16-17(23-9-22-16)8-15(13)19-18(21)7-14(11-2-3-11)12-4-5-12/h6-8,11-12H,2-5,9H2,1H3,(H,19,21). The summed E-state index contributed by atoms with van der Waals surface area (Å²) < 4.78 is 10.6. The molecule has 0 saturated heterocycles. The quantitative estimate of drug-likeness (QED) is 0.669. The van der Waals surface area contributed by atoms with E-state index in [1.54, 1.807) is 18.2 Å². The van der Waals surface area contributed by atoms with Crippen LogP contribution in [0.4, 0.5) is 5.69 Å². The van der Waals surface area contributed by atoms with E-state index < -0.39 is 0 Å². The van der Waals surface area contributed by atoms with Gasteiger partial charge in [-0.25, -0.2) is 0 Å². The van der Waals surface area contributed by atoms with Gasteiger partial charge in [0.1, 0.15) is 0 Å². The van der Waals surface area contributed by atoms with Crippen molar-refractivity contribution in [3.05, 3.63) is 29.3 Å². The Morgan fingerprint density at radius 3 is 2.26 bits per heavy atom. The summed E-state index contributed by atoms with van der Waals surface area (Å²) in [6, 6.07) is 3.30. The minimum atomic E-state index is -0.167. The lowest BCUT2D eigenvalue weighted by Crippen LogP contribution is -2.13. The Morgan fingerprint density at radius 1 is 1.09 bits per heavy atom. The van der Waals surface area contributed by atoms with Crippen LogP contribution in [0.25, 0.3) is 0 Å². The predicted octanol–water partition coefficient (Wildman–Crippen LogP) is 3.30. The molecule has 5 nitrogen and oxygen atoms in total. The summed E-state index contributed by atoms with van der Waals surface area (Å²) in [7, 11) is 0. The number of carbonyl (C=O) groups excluding carboxylic acids is 2. The van der Waals surface area contributed by atoms with Crippen LogP contribution in [0, 0.1) is 11.8 Å². The molecule has 0 atom stereocenters. The number of hydrogen-bond acceptors (Lipinski definition) is 4. The molecule has 2 aliphatic carbocycles. The maximum atomic E-state index is 12.4. The number of amides is 1. The van der Waals surface area contributed by atoms with Crippen LogP contribution < -0.4 is 14.8 Å². The summed E-state index contributed by atoms with van der Waals surface area (Å²) in [5.74, 6) is 2.00. The van der Waals surface area contributed by atoms with E-state index in [4.69, 9.17) is 9.47 Å². The third-order valence-corrected chi connectivity index (χ3v) is 4.55. The van der Waals surface area contributed by atoms with E-state index >= 15 is 0 Å². The van der Waals surface area contributed by atoms with Gasteiger partial charge in [0.15, 0.2) is 17.3 Å². The van der Waals surface area contributed by atoms with E-state index in [0.717, 1.165) is 0 Å². The molecule has 2 fully saturated rings. The number of hydrogen-bond donors (Lipinski definition) is 1. The highest BCUT2D eigenvalue weighted by molar-refractivity contribution is 6.07. The van der Waals surface area contributed by atoms with Crippen LogP contribution in [0.15, 0.2) is 23.8 Å². The summed E-state index contributed by atoms with van der Waals surface area (Å²) in [5.41, 5.74) is 2.21. The predicted molar refractivity (Wildman–Crippen MR) is 84.7 cm³/mol. The summed E-state index contributed by atoms with van der Waals surface area (Å²) in [6.45, 7) is 1.61. The second-order valence-corrected chi connectivity index (χ2v) is 6.49. The Bertz CT molecular complexity index is 700. The highest BCUT2D eigenvalue weighted by Gasteiger charge is 2.36. The maximum absolute atomic E-state index is 12.4. The molecular weight excluding hydrogens is 294 g/mol. The molecule has 0 spiro atoms. The van der Waals surface area contributed by atoms with Crippen LogP contribution in [0.3, 0.4) is 0 Å². The third-order valence-electron chi connectivity index (χ3n) is 4.55. The van der Waals surface area contributed by atoms with Gasteiger partial charge in [0.05, 0.1) is 5.69 Å². The number of benzene rings is 1. The average Bonchev–Trinajstić information content (AvgIpc) is 3.41. The van der Waals surface area contributed by atoms with E-state index in [1.165, 1.54) is 38.2 Å². The van der Waals surface area contributed by atoms with E-state index in [1.807, 2.05) is 0 Å². The topological polar surface area (TPSA) is 64.6 Å². The van der Waals surface area contributed by atoms with Gasteiger partial charge in [0.25, 0.3) is 0 Å². The fourth-order valence-corrected chi connectivity index (χ4v) is 3.06. The van der Waals surface area contributed by atoms with Crippen molar-refractivity contribution in [2.75, 3.05) is 12.1 Å². The zero-order chi connectivity index (χ0) is 16.0. The summed E-state index contributed by atoms with van der Waals surface area (Å²) in [5, 5.41) is 2.85. The van der Waals surface area contributed by atoms with Crippen LogP contribution in [0.5, 0.6) is 11.5 Å². The average molecular weight is 313 g/mol. The monoisotopic (exact) mass is 313 g/mol. The van der Waals surface area contributed by atoms with E-state index in [9.17, 15) is 9.59 Å². The molecule has 0 unspecified atom stereocenters. The molecule has 0 bridgehead atoms. The van der Waals surface area contributed by atoms with Crippen LogP contribution in [0.2, 0.25) is 0 Å². The smallest absolute Gasteiger partial charge is 0.248 e. The second kappa shape index (κ2) is 5.41. The molecule has 4 rings (SSSR count). The zero-order valence-electron chi connectivity index (χ0n) is 13.1. The molecule has 120 valence electrons. The van der Waals surface area contributed by atoms with Crippen LogP contribution >= 0.6 is 0 Å². The molecule has 0 aromatic heterocycles. The van der Waals surface area contributed by atoms with Gasteiger partial charge in [0.2, 0.25) is 12.7 Å². The first kappa shape index (κ1) is 14.3. The number of rotatable bonds is 5. The molecule has 1 aromatic rings. The fourth-order valence-electron chi connectivity index (χ4n) is 3.06. The van der Waals surface area contributed by atoms with Crippen molar-refractivity contribution >= 4 is 17.4 Å². The highest BCUT2D eigenvalue weighted by atomic mass is 16.7. The third kappa shape index (κ3) is 2.96. The molecule has 2 saturated carbocycles. The first-order valence-electron chi connectivity index (χ1n) is 8.09. The number of fused-ring (bicyclic) bond motifs is 1. The minimum absolute atomic E-state index is 0.118. The van der Waals surface area contributed by atoms with Gasteiger partial charge in [-0.15, -0.1) is 0 Å². The number of Topliss-reactive ketones (excluding diaryl/α,β-unsaturated/α-hetero) is 1. The first-order chi connectivity index (χ1) is 11.1. The molecule has 23 heavy (non-hydrogen) atoms. The van der Waals surface area contributed by atoms with Crippen LogP contribution in [0.1, 0.15) is 43.0 Å². The first-order valence-corrected chi connectivity index (χ1v) is 8.09. The second-order valence-electron chi connectivity index (χ2n) is 6.49. The molecule has 1 aliphatic heterocycles. The van der Waals surface area contributed by atoms with Gasteiger partial charge in [-0.1, -0.05) is 5.57 Å². The van der Waals surface area contributed by atoms with Crippen LogP contribution in [-0.4, -0.2) is 18.5 Å². The van der Waals surface area contributed by atoms with Gasteiger partial charge < -0.3 is 14.8 Å². The number of nitrogens with one attached hydrogen (secondary N) is 1. The lowest BCUT2D eigenvalue weighted by Gasteiger charge is -2.10. The molecule has 1 heterocycles. The number of anilines is 1. The van der Waals surface area contributed by atoms with Crippen molar-refractivity contribution in [1.82, 2.24) is 0 Å². The zero-order valence-corrected chi connectivity index (χ0v) is 13.1. The number of carbonyl (C=O) groups is 2. The number of ketones is 1. The maximum Gasteiger partial charge on any atom is 0.248 e. The van der Waals surface area contributed by atoms with Gasteiger partial charge in [0, 0.05) is 17.7 Å². The summed E-state index contributed by atoms with van der Waals surface area (Å²) in [4.78, 5) is 24.2. The van der Waals surface area contributed by atoms with Crippen molar-refractivity contribution < 1.29 is 19.1 Å². The Hall–Kier alpha value is -2.30. The molecule has 1 amide bonds. The molecule has 1 aromatic carbocycles. The fraction of sp³-hybridized carbons (Fsp3) is 0.444. The van der Waals surface area contributed by atoms with E-state index in [0.29, 0.717) is 34.6 Å². The van der Waals surface area contributed by atoms with E-state index in [-0.39, 0.29) is 18.5 Å². The number of ether oxygens (including phenoxy) is 2. The highest BCUT2D eigenvalue weighted by Crippen LogP contribution is 2.48. The summed E-state index contributed by atoms with van der Waals surface area (Å²) >= 11 is 0. The molecule has 1 N–H and O–H groups in total. The Balaban J connectivity index is 1.59. The lowest BCUT2D eigenvalue weighted by molar-refractivity contribution is -0.112. The SMILES string of the molecule is CC(=O)c1cc2c(cc1NC(=O)C=C(C1CC1)C1CC1)OCO2. The van der Waals surface area contributed by atoms with Gasteiger partial charge >= 0.3 is 0 Å². The van der Waals surface area contributed by atoms with Gasteiger partial charge in [-0.05, 0) is 50.5 Å². The molecule has 3 aliphatic rings. The van der Waals surface area contributed by atoms with Crippen molar-refractivity contribution in [2.45, 2.75) is 32.6 Å². The Kier molecular flexibility index (Phi) is 3.36. The van der Waals surface area contributed by atoms with Crippen molar-refractivity contribution in [1.29, 1.82) is 0 Å². The van der Waals surface area contributed by atoms with Crippen LogP contribution in [-0.2, 0) is 4.79 Å². The lowest BCUT2D eigenvalue weighted by atomic mass is 10.1. The van der Waals surface area contributed by atoms with Crippen molar-refractivity contribution in [3.8, 4) is 11.5 Å². The Morgan fingerprint density at radius 2 is 1.70 bits per heavy atom. The Labute approximate surface area is 134 Å². The number of allylic oxidation sites excluding steroid dienone is 1. The largest absolute Gasteiger partial charge is 0.454 e. The summed E-state index contributed by atoms with van der Waals surface area (Å²) in [6.07, 6.45) is 6.51. The van der Waals surface area contributed by atoms with E-state index in [2.05, 4.69) is 5.32 Å². The molecule has 5 heteroatoms. The normalized spacial score (nSPS) is 18.5. The van der Waals surface area contributed by atoms with Gasteiger partial charge in [-0.2, -0.15) is 0 Å².